The summed E-state index contributed by atoms with van der Waals surface area (Å²) in [5.41, 5.74) is 3.21. The highest BCUT2D eigenvalue weighted by atomic mass is 16.3. The number of carbonyl (C=O) groups is 1. The van der Waals surface area contributed by atoms with Gasteiger partial charge in [-0.15, -0.1) is 0 Å². The second kappa shape index (κ2) is 4.28. The second-order valence-corrected chi connectivity index (χ2v) is 4.31. The predicted octanol–water partition coefficient (Wildman–Crippen LogP) is -3.77. The van der Waals surface area contributed by atoms with Crippen LogP contribution in [0.1, 0.15) is 6.92 Å². The smallest absolute Gasteiger partial charge is 0.282 e. The minimum Gasteiger partial charge on any atom is -0.391 e. The zero-order valence-corrected chi connectivity index (χ0v) is 9.66. The molecule has 0 spiro atoms. The molecule has 0 aromatic rings. The third-order valence-corrected chi connectivity index (χ3v) is 2.86. The van der Waals surface area contributed by atoms with E-state index in [1.165, 1.54) is 6.92 Å². The largest absolute Gasteiger partial charge is 0.391 e. The number of aliphatic hydroxyl groups excluding tert-OH is 2. The highest BCUT2D eigenvalue weighted by Gasteiger charge is 2.50. The number of nitrogens with one attached hydrogen (secondary N) is 2. The first kappa shape index (κ1) is 12.9. The maximum atomic E-state index is 11.7. The van der Waals surface area contributed by atoms with Crippen molar-refractivity contribution < 1.29 is 20.1 Å². The fraction of sp³-hybridized carbons (Fsp3) is 0.667. The van der Waals surface area contributed by atoms with Gasteiger partial charge >= 0.3 is 0 Å². The number of hydrogen-bond acceptors (Lipinski definition) is 8. The standard InChI is InChI=1S/C9H15N5O4/c1-3(15)5(16)4-2-11-6-9(18,14-4)7(17)13-8(10)12-6/h3-5,14-16,18H,2H2,1H3,(H3,10,11,12,13,17)/t3-,4+,5-,9?/m0/s1. The average Bonchev–Trinajstić information content (AvgIpc) is 2.29. The number of rotatable bonds is 2. The van der Waals surface area contributed by atoms with Crippen molar-refractivity contribution in [1.29, 1.82) is 0 Å². The van der Waals surface area contributed by atoms with E-state index in [0.717, 1.165) is 0 Å². The minimum absolute atomic E-state index is 0.0633. The summed E-state index contributed by atoms with van der Waals surface area (Å²) in [7, 11) is 0. The Labute approximate surface area is 102 Å². The monoisotopic (exact) mass is 257 g/mol. The lowest BCUT2D eigenvalue weighted by Crippen LogP contribution is -2.72. The second-order valence-electron chi connectivity index (χ2n) is 4.31. The van der Waals surface area contributed by atoms with Gasteiger partial charge in [-0.2, -0.15) is 4.99 Å². The Hall–Kier alpha value is -1.55. The molecule has 100 valence electrons. The number of fused-ring (bicyclic) bond motifs is 1. The van der Waals surface area contributed by atoms with Crippen molar-refractivity contribution in [2.24, 2.45) is 15.7 Å². The van der Waals surface area contributed by atoms with E-state index in [9.17, 15) is 20.1 Å². The van der Waals surface area contributed by atoms with E-state index in [2.05, 4.69) is 20.6 Å². The summed E-state index contributed by atoms with van der Waals surface area (Å²) in [5, 5.41) is 33.9. The summed E-state index contributed by atoms with van der Waals surface area (Å²) < 4.78 is 0. The van der Waals surface area contributed by atoms with Crippen molar-refractivity contribution in [2.45, 2.75) is 30.9 Å². The van der Waals surface area contributed by atoms with Gasteiger partial charge in [0.2, 0.25) is 5.96 Å². The molecule has 2 rings (SSSR count). The molecule has 4 atom stereocenters. The van der Waals surface area contributed by atoms with Crippen LogP contribution in [0.5, 0.6) is 0 Å². The third kappa shape index (κ3) is 1.97. The Morgan fingerprint density at radius 1 is 1.56 bits per heavy atom. The van der Waals surface area contributed by atoms with Crippen LogP contribution in [0.4, 0.5) is 0 Å². The van der Waals surface area contributed by atoms with Crippen LogP contribution >= 0.6 is 0 Å². The van der Waals surface area contributed by atoms with Gasteiger partial charge in [0.25, 0.3) is 11.6 Å². The van der Waals surface area contributed by atoms with Crippen LogP contribution in [-0.2, 0) is 4.79 Å². The number of nitrogens with two attached hydrogens (primary N) is 1. The van der Waals surface area contributed by atoms with Gasteiger partial charge in [-0.3, -0.25) is 20.4 Å². The first-order valence-corrected chi connectivity index (χ1v) is 5.41. The van der Waals surface area contributed by atoms with E-state index in [-0.39, 0.29) is 18.3 Å². The summed E-state index contributed by atoms with van der Waals surface area (Å²) in [4.78, 5) is 19.3. The number of amides is 1. The zero-order chi connectivity index (χ0) is 13.5. The normalized spacial score (nSPS) is 34.9. The van der Waals surface area contributed by atoms with Gasteiger partial charge in [-0.05, 0) is 6.92 Å². The number of carbonyl (C=O) groups excluding carboxylic acids is 1. The Balaban J connectivity index is 2.29. The topological polar surface area (TPSA) is 153 Å². The fourth-order valence-electron chi connectivity index (χ4n) is 1.84. The van der Waals surface area contributed by atoms with Gasteiger partial charge in [0.15, 0.2) is 5.84 Å². The molecule has 2 heterocycles. The molecule has 2 aliphatic rings. The van der Waals surface area contributed by atoms with Gasteiger partial charge in [-0.1, -0.05) is 0 Å². The number of hydrogen-bond donors (Lipinski definition) is 6. The Bertz CT molecular complexity index is 435. The van der Waals surface area contributed by atoms with Crippen molar-refractivity contribution in [3.8, 4) is 0 Å². The molecule has 0 radical (unpaired) electrons. The quantitative estimate of drug-likeness (QED) is 0.298. The molecule has 0 saturated carbocycles. The molecule has 0 aromatic carbocycles. The molecular weight excluding hydrogens is 242 g/mol. The molecule has 0 bridgehead atoms. The van der Waals surface area contributed by atoms with Crippen molar-refractivity contribution in [1.82, 2.24) is 10.6 Å². The van der Waals surface area contributed by atoms with Crippen molar-refractivity contribution in [2.75, 3.05) is 6.54 Å². The summed E-state index contributed by atoms with van der Waals surface area (Å²) in [6.45, 7) is 1.46. The van der Waals surface area contributed by atoms with Crippen LogP contribution in [0.15, 0.2) is 9.98 Å². The van der Waals surface area contributed by atoms with Crippen molar-refractivity contribution in [3.63, 3.8) is 0 Å². The van der Waals surface area contributed by atoms with Gasteiger partial charge in [0.1, 0.15) is 0 Å². The maximum absolute atomic E-state index is 11.7. The van der Waals surface area contributed by atoms with Crippen LogP contribution in [0.3, 0.4) is 0 Å². The summed E-state index contributed by atoms with van der Waals surface area (Å²) in [6.07, 6.45) is -2.20. The van der Waals surface area contributed by atoms with Crippen LogP contribution in [0.25, 0.3) is 0 Å². The highest BCUT2D eigenvalue weighted by molar-refractivity contribution is 6.21. The Kier molecular flexibility index (Phi) is 3.07. The first-order valence-electron chi connectivity index (χ1n) is 5.41. The fourth-order valence-corrected chi connectivity index (χ4v) is 1.84. The van der Waals surface area contributed by atoms with E-state index in [0.29, 0.717) is 0 Å². The summed E-state index contributed by atoms with van der Waals surface area (Å²) in [5.74, 6) is -1.13. The van der Waals surface area contributed by atoms with Crippen LogP contribution in [-0.4, -0.2) is 63.5 Å². The molecule has 18 heavy (non-hydrogen) atoms. The van der Waals surface area contributed by atoms with E-state index in [4.69, 9.17) is 5.73 Å². The lowest BCUT2D eigenvalue weighted by atomic mass is 10.00. The van der Waals surface area contributed by atoms with Crippen molar-refractivity contribution >= 4 is 17.7 Å². The molecule has 1 amide bonds. The number of amidine groups is 1. The molecule has 1 unspecified atom stereocenters. The van der Waals surface area contributed by atoms with E-state index in [1.807, 2.05) is 0 Å². The summed E-state index contributed by atoms with van der Waals surface area (Å²) >= 11 is 0. The molecule has 0 aliphatic carbocycles. The first-order chi connectivity index (χ1) is 8.34. The van der Waals surface area contributed by atoms with E-state index in [1.54, 1.807) is 0 Å². The molecule has 7 N–H and O–H groups in total. The lowest BCUT2D eigenvalue weighted by Gasteiger charge is -2.38. The number of aliphatic imine (C=N–C) groups is 2. The van der Waals surface area contributed by atoms with Crippen LogP contribution in [0, 0.1) is 0 Å². The van der Waals surface area contributed by atoms with E-state index < -0.39 is 29.9 Å². The van der Waals surface area contributed by atoms with E-state index >= 15 is 0 Å². The van der Waals surface area contributed by atoms with Gasteiger partial charge < -0.3 is 21.1 Å². The van der Waals surface area contributed by atoms with Gasteiger partial charge in [0.05, 0.1) is 24.8 Å². The highest BCUT2D eigenvalue weighted by Crippen LogP contribution is 2.17. The predicted molar refractivity (Wildman–Crippen MR) is 61.6 cm³/mol. The minimum atomic E-state index is -2.14. The number of nitrogens with zero attached hydrogens (tertiary/aromatic N) is 2. The molecule has 0 fully saturated rings. The van der Waals surface area contributed by atoms with Crippen molar-refractivity contribution in [3.05, 3.63) is 0 Å². The van der Waals surface area contributed by atoms with Gasteiger partial charge in [0, 0.05) is 0 Å². The number of guanidine groups is 1. The molecule has 9 nitrogen and oxygen atoms in total. The molecule has 0 saturated heterocycles. The molecule has 9 heteroatoms. The SMILES string of the molecule is C[C@H](O)[C@H](O)[C@H]1CN=C2N=C(N)NC(=O)C2(O)N1. The maximum Gasteiger partial charge on any atom is 0.282 e. The zero-order valence-electron chi connectivity index (χ0n) is 9.66. The lowest BCUT2D eigenvalue weighted by molar-refractivity contribution is -0.137. The third-order valence-electron chi connectivity index (χ3n) is 2.86. The summed E-state index contributed by atoms with van der Waals surface area (Å²) in [6, 6.07) is -0.765. The Morgan fingerprint density at radius 3 is 2.83 bits per heavy atom. The molecule has 2 aliphatic heterocycles. The Morgan fingerprint density at radius 2 is 2.22 bits per heavy atom. The average molecular weight is 257 g/mol. The number of aliphatic hydroxyl groups is 3. The molecular formula is C9H15N5O4. The van der Waals surface area contributed by atoms with Crippen LogP contribution < -0.4 is 16.4 Å². The van der Waals surface area contributed by atoms with Gasteiger partial charge in [-0.25, -0.2) is 0 Å². The van der Waals surface area contributed by atoms with Crippen LogP contribution in [0.2, 0.25) is 0 Å². The molecule has 0 aromatic heterocycles.